The average molecular weight is 515 g/mol. The number of nitrogens with one attached hydrogen (secondary N) is 1. The number of hydrogen-bond donors (Lipinski definition) is 2. The minimum Gasteiger partial charge on any atom is -0.478 e. The molecule has 2 N–H and O–H groups in total. The number of aromatic nitrogens is 3. The SMILES string of the molecule is Cc1cc2c(Cl)ccc(Cl)c2n1CCNc1cc(-c2ccc(C(=O)O)c(SC(C)C)c2)ncn1. The second-order valence-corrected chi connectivity index (χ2v) is 10.6. The van der Waals surface area contributed by atoms with Gasteiger partial charge in [0, 0.05) is 45.9 Å². The Morgan fingerprint density at radius 1 is 1.12 bits per heavy atom. The summed E-state index contributed by atoms with van der Waals surface area (Å²) < 4.78 is 2.14. The van der Waals surface area contributed by atoms with E-state index in [2.05, 4.69) is 19.9 Å². The Hall–Kier alpha value is -2.74. The van der Waals surface area contributed by atoms with Crippen LogP contribution in [0.15, 0.2) is 53.7 Å². The Kier molecular flexibility index (Phi) is 7.36. The van der Waals surface area contributed by atoms with Crippen LogP contribution in [0.4, 0.5) is 5.82 Å². The number of aryl methyl sites for hydroxylation is 1. The van der Waals surface area contributed by atoms with Gasteiger partial charge in [-0.2, -0.15) is 0 Å². The van der Waals surface area contributed by atoms with E-state index in [1.54, 1.807) is 12.1 Å². The van der Waals surface area contributed by atoms with Gasteiger partial charge in [0.05, 0.1) is 26.8 Å². The molecule has 6 nitrogen and oxygen atoms in total. The van der Waals surface area contributed by atoms with Crippen molar-refractivity contribution < 1.29 is 9.90 Å². The molecule has 4 aromatic rings. The maximum atomic E-state index is 11.6. The fourth-order valence-corrected chi connectivity index (χ4v) is 5.30. The van der Waals surface area contributed by atoms with E-state index in [1.165, 1.54) is 18.1 Å². The van der Waals surface area contributed by atoms with E-state index in [-0.39, 0.29) is 5.25 Å². The quantitative estimate of drug-likeness (QED) is 0.246. The van der Waals surface area contributed by atoms with Gasteiger partial charge in [-0.15, -0.1) is 11.8 Å². The predicted octanol–water partition coefficient (Wildman–Crippen LogP) is 7.02. The topological polar surface area (TPSA) is 80.0 Å². The number of hydrogen-bond acceptors (Lipinski definition) is 5. The number of carboxylic acids is 1. The van der Waals surface area contributed by atoms with Gasteiger partial charge in [0.1, 0.15) is 12.1 Å². The lowest BCUT2D eigenvalue weighted by Gasteiger charge is -2.13. The van der Waals surface area contributed by atoms with E-state index in [0.29, 0.717) is 34.5 Å². The Bertz CT molecular complexity index is 1370. The van der Waals surface area contributed by atoms with Gasteiger partial charge in [0.25, 0.3) is 0 Å². The molecule has 4 rings (SSSR count). The highest BCUT2D eigenvalue weighted by molar-refractivity contribution is 8.00. The first kappa shape index (κ1) is 24.4. The molecule has 9 heteroatoms. The van der Waals surface area contributed by atoms with Crippen molar-refractivity contribution in [1.29, 1.82) is 0 Å². The summed E-state index contributed by atoms with van der Waals surface area (Å²) in [5.41, 5.74) is 3.85. The van der Waals surface area contributed by atoms with Crippen molar-refractivity contribution in [3.05, 3.63) is 70.1 Å². The van der Waals surface area contributed by atoms with Crippen LogP contribution in [-0.2, 0) is 6.54 Å². The lowest BCUT2D eigenvalue weighted by molar-refractivity contribution is 0.0693. The van der Waals surface area contributed by atoms with Crippen LogP contribution in [0, 0.1) is 6.92 Å². The minimum absolute atomic E-state index is 0.257. The molecule has 2 aromatic carbocycles. The van der Waals surface area contributed by atoms with Crippen LogP contribution >= 0.6 is 35.0 Å². The highest BCUT2D eigenvalue weighted by Crippen LogP contribution is 2.33. The molecule has 176 valence electrons. The Morgan fingerprint density at radius 3 is 2.62 bits per heavy atom. The normalized spacial score (nSPS) is 11.4. The van der Waals surface area contributed by atoms with E-state index in [9.17, 15) is 9.90 Å². The lowest BCUT2D eigenvalue weighted by atomic mass is 10.1. The van der Waals surface area contributed by atoms with E-state index in [4.69, 9.17) is 23.2 Å². The summed E-state index contributed by atoms with van der Waals surface area (Å²) in [6.45, 7) is 7.40. The Balaban J connectivity index is 1.53. The van der Waals surface area contributed by atoms with Crippen molar-refractivity contribution in [3.63, 3.8) is 0 Å². The van der Waals surface area contributed by atoms with Crippen LogP contribution < -0.4 is 5.32 Å². The second kappa shape index (κ2) is 10.3. The molecule has 2 aromatic heterocycles. The lowest BCUT2D eigenvalue weighted by Crippen LogP contribution is -2.12. The number of aromatic carboxylic acids is 1. The number of nitrogens with zero attached hydrogens (tertiary/aromatic N) is 3. The number of benzene rings is 2. The monoisotopic (exact) mass is 514 g/mol. The number of anilines is 1. The highest BCUT2D eigenvalue weighted by Gasteiger charge is 2.15. The zero-order valence-corrected chi connectivity index (χ0v) is 21.3. The van der Waals surface area contributed by atoms with Gasteiger partial charge in [0.2, 0.25) is 0 Å². The van der Waals surface area contributed by atoms with Gasteiger partial charge >= 0.3 is 5.97 Å². The van der Waals surface area contributed by atoms with Crippen molar-refractivity contribution >= 4 is 57.7 Å². The number of thioether (sulfide) groups is 1. The molecule has 0 aliphatic heterocycles. The van der Waals surface area contributed by atoms with Gasteiger partial charge in [-0.1, -0.05) is 43.1 Å². The first-order valence-electron chi connectivity index (χ1n) is 10.8. The number of carbonyl (C=O) groups is 1. The van der Waals surface area contributed by atoms with Gasteiger partial charge in [0.15, 0.2) is 0 Å². The molecular formula is C25H24Cl2N4O2S. The maximum absolute atomic E-state index is 11.6. The smallest absolute Gasteiger partial charge is 0.336 e. The van der Waals surface area contributed by atoms with Crippen LogP contribution in [-0.4, -0.2) is 37.4 Å². The zero-order chi connectivity index (χ0) is 24.4. The van der Waals surface area contributed by atoms with Crippen LogP contribution in [0.1, 0.15) is 29.9 Å². The Labute approximate surface area is 212 Å². The predicted molar refractivity (Wildman–Crippen MR) is 141 cm³/mol. The standard InChI is InChI=1S/C25H24Cl2N4O2S/c1-14(2)34-22-11-16(4-5-17(22)25(32)33)21-12-23(30-13-29-21)28-8-9-31-15(3)10-18-19(26)6-7-20(27)24(18)31/h4-7,10-14H,8-9H2,1-3H3,(H,32,33)(H,28,29,30). The van der Waals surface area contributed by atoms with Crippen molar-refractivity contribution in [3.8, 4) is 11.3 Å². The molecule has 0 saturated carbocycles. The number of carboxylic acid groups (broad SMARTS) is 1. The van der Waals surface area contributed by atoms with Crippen molar-refractivity contribution in [2.24, 2.45) is 0 Å². The molecule has 0 atom stereocenters. The number of rotatable bonds is 8. The molecule has 0 amide bonds. The minimum atomic E-state index is -0.936. The fraction of sp³-hybridized carbons (Fsp3) is 0.240. The molecule has 0 radical (unpaired) electrons. The Morgan fingerprint density at radius 2 is 1.88 bits per heavy atom. The summed E-state index contributed by atoms with van der Waals surface area (Å²) in [6, 6.07) is 12.8. The average Bonchev–Trinajstić information content (AvgIpc) is 3.13. The molecule has 0 spiro atoms. The molecule has 0 aliphatic carbocycles. The van der Waals surface area contributed by atoms with Crippen LogP contribution in [0.25, 0.3) is 22.2 Å². The van der Waals surface area contributed by atoms with E-state index < -0.39 is 5.97 Å². The maximum Gasteiger partial charge on any atom is 0.336 e. The summed E-state index contributed by atoms with van der Waals surface area (Å²) in [5.74, 6) is -0.252. The molecule has 0 aliphatic rings. The van der Waals surface area contributed by atoms with Crippen LogP contribution in [0.5, 0.6) is 0 Å². The molecule has 0 fully saturated rings. The fourth-order valence-electron chi connectivity index (χ4n) is 3.84. The number of fused-ring (bicyclic) bond motifs is 1. The summed E-state index contributed by atoms with van der Waals surface area (Å²) in [7, 11) is 0. The molecule has 34 heavy (non-hydrogen) atoms. The molecule has 2 heterocycles. The third-order valence-corrected chi connectivity index (χ3v) is 7.04. The van der Waals surface area contributed by atoms with Crippen LogP contribution in [0.3, 0.4) is 0 Å². The van der Waals surface area contributed by atoms with Gasteiger partial charge in [-0.3, -0.25) is 0 Å². The van der Waals surface area contributed by atoms with Gasteiger partial charge < -0.3 is 15.0 Å². The van der Waals surface area contributed by atoms with Crippen molar-refractivity contribution in [1.82, 2.24) is 14.5 Å². The third kappa shape index (κ3) is 5.17. The number of halogens is 2. The molecule has 0 bridgehead atoms. The van der Waals surface area contributed by atoms with E-state index in [1.807, 2.05) is 51.1 Å². The molecular weight excluding hydrogens is 491 g/mol. The zero-order valence-electron chi connectivity index (χ0n) is 19.0. The van der Waals surface area contributed by atoms with E-state index >= 15 is 0 Å². The van der Waals surface area contributed by atoms with Crippen molar-refractivity contribution in [2.75, 3.05) is 11.9 Å². The molecule has 0 saturated heterocycles. The van der Waals surface area contributed by atoms with E-state index in [0.717, 1.165) is 32.7 Å². The second-order valence-electron chi connectivity index (χ2n) is 8.13. The van der Waals surface area contributed by atoms with Crippen molar-refractivity contribution in [2.45, 2.75) is 37.5 Å². The first-order valence-corrected chi connectivity index (χ1v) is 12.4. The first-order chi connectivity index (χ1) is 16.2. The summed E-state index contributed by atoms with van der Waals surface area (Å²) >= 11 is 14.3. The summed E-state index contributed by atoms with van der Waals surface area (Å²) in [4.78, 5) is 21.1. The summed E-state index contributed by atoms with van der Waals surface area (Å²) in [5, 5.41) is 15.4. The summed E-state index contributed by atoms with van der Waals surface area (Å²) in [6.07, 6.45) is 1.50. The van der Waals surface area contributed by atoms with Crippen LogP contribution in [0.2, 0.25) is 10.0 Å². The third-order valence-electron chi connectivity index (χ3n) is 5.34. The van der Waals surface area contributed by atoms with Gasteiger partial charge in [-0.05, 0) is 37.3 Å². The molecule has 0 unspecified atom stereocenters. The highest BCUT2D eigenvalue weighted by atomic mass is 35.5. The van der Waals surface area contributed by atoms with Gasteiger partial charge in [-0.25, -0.2) is 14.8 Å². The largest absolute Gasteiger partial charge is 0.478 e.